The monoisotopic (exact) mass is 162 g/mol. The topological polar surface area (TPSA) is 76.0 Å². The van der Waals surface area contributed by atoms with E-state index in [-0.39, 0.29) is 6.61 Å². The third-order valence-electron chi connectivity index (χ3n) is 1.54. The minimum Gasteiger partial charge on any atom is -0.455 e. The lowest BCUT2D eigenvalue weighted by Gasteiger charge is -2.11. The number of aliphatic hydroxyl groups is 2. The normalized spacial score (nSPS) is 37.4. The predicted molar refractivity (Wildman–Crippen MR) is 33.8 cm³/mol. The zero-order chi connectivity index (χ0) is 8.43. The molecule has 2 N–H and O–H groups in total. The van der Waals surface area contributed by atoms with Crippen LogP contribution in [0.2, 0.25) is 0 Å². The molecule has 64 valence electrons. The van der Waals surface area contributed by atoms with Gasteiger partial charge in [0, 0.05) is 7.11 Å². The molecule has 0 spiro atoms. The molecule has 0 aromatic heterocycles. The molecular weight excluding hydrogens is 152 g/mol. The van der Waals surface area contributed by atoms with Gasteiger partial charge in [0.15, 0.2) is 12.2 Å². The van der Waals surface area contributed by atoms with Crippen LogP contribution in [0.1, 0.15) is 0 Å². The smallest absolute Gasteiger partial charge is 0.338 e. The van der Waals surface area contributed by atoms with Crippen LogP contribution in [0.3, 0.4) is 0 Å². The van der Waals surface area contributed by atoms with E-state index < -0.39 is 24.3 Å². The van der Waals surface area contributed by atoms with E-state index in [1.165, 1.54) is 7.11 Å². The van der Waals surface area contributed by atoms with Gasteiger partial charge < -0.3 is 19.7 Å². The lowest BCUT2D eigenvalue weighted by molar-refractivity contribution is -0.148. The van der Waals surface area contributed by atoms with Crippen LogP contribution in [0.4, 0.5) is 0 Å². The van der Waals surface area contributed by atoms with Crippen LogP contribution in [0.15, 0.2) is 0 Å². The van der Waals surface area contributed by atoms with Crippen LogP contribution < -0.4 is 0 Å². The average molecular weight is 162 g/mol. The molecule has 0 bridgehead atoms. The van der Waals surface area contributed by atoms with Crippen LogP contribution in [-0.4, -0.2) is 48.2 Å². The highest BCUT2D eigenvalue weighted by Gasteiger charge is 2.42. The first-order valence-corrected chi connectivity index (χ1v) is 3.22. The van der Waals surface area contributed by atoms with E-state index in [0.717, 1.165) is 0 Å². The predicted octanol–water partition coefficient (Wildman–Crippen LogP) is -1.72. The summed E-state index contributed by atoms with van der Waals surface area (Å²) in [5.74, 6) is -0.792. The molecular formula is C6H10O5. The van der Waals surface area contributed by atoms with Crippen molar-refractivity contribution in [1.29, 1.82) is 0 Å². The number of ether oxygens (including phenoxy) is 2. The molecule has 0 aromatic carbocycles. The lowest BCUT2D eigenvalue weighted by Crippen LogP contribution is -2.33. The summed E-state index contributed by atoms with van der Waals surface area (Å²) in [5.41, 5.74) is 0. The average Bonchev–Trinajstić information content (AvgIpc) is 2.19. The largest absolute Gasteiger partial charge is 0.455 e. The van der Waals surface area contributed by atoms with E-state index in [9.17, 15) is 4.79 Å². The molecule has 1 saturated heterocycles. The van der Waals surface area contributed by atoms with Crippen molar-refractivity contribution in [3.63, 3.8) is 0 Å². The molecule has 0 aliphatic carbocycles. The summed E-state index contributed by atoms with van der Waals surface area (Å²) in [5, 5.41) is 18.0. The van der Waals surface area contributed by atoms with Gasteiger partial charge in [-0.25, -0.2) is 4.79 Å². The quantitative estimate of drug-likeness (QED) is 0.472. The van der Waals surface area contributed by atoms with Gasteiger partial charge in [0.2, 0.25) is 0 Å². The van der Waals surface area contributed by atoms with Gasteiger partial charge in [0.1, 0.15) is 6.10 Å². The molecule has 0 saturated carbocycles. The Labute approximate surface area is 63.5 Å². The van der Waals surface area contributed by atoms with Crippen LogP contribution in [-0.2, 0) is 14.3 Å². The van der Waals surface area contributed by atoms with E-state index in [2.05, 4.69) is 9.47 Å². The Kier molecular flexibility index (Phi) is 2.43. The maximum Gasteiger partial charge on any atom is 0.338 e. The molecule has 5 heteroatoms. The first-order valence-electron chi connectivity index (χ1n) is 3.22. The fourth-order valence-electron chi connectivity index (χ4n) is 0.928. The summed E-state index contributed by atoms with van der Waals surface area (Å²) in [6.45, 7) is 0.101. The lowest BCUT2D eigenvalue weighted by atomic mass is 10.1. The minimum absolute atomic E-state index is 0.101. The molecule has 1 fully saturated rings. The molecule has 5 nitrogen and oxygen atoms in total. The Balaban J connectivity index is 2.52. The van der Waals surface area contributed by atoms with Gasteiger partial charge in [-0.3, -0.25) is 0 Å². The maximum atomic E-state index is 10.6. The number of hydrogen-bond donors (Lipinski definition) is 2. The molecule has 1 heterocycles. The molecule has 0 aromatic rings. The summed E-state index contributed by atoms with van der Waals surface area (Å²) in [6.07, 6.45) is -3.32. The van der Waals surface area contributed by atoms with Gasteiger partial charge in [0.05, 0.1) is 6.61 Å². The second kappa shape index (κ2) is 3.17. The molecule has 3 unspecified atom stereocenters. The van der Waals surface area contributed by atoms with Crippen molar-refractivity contribution in [2.75, 3.05) is 13.7 Å². The first-order chi connectivity index (χ1) is 5.16. The Morgan fingerprint density at radius 3 is 2.64 bits per heavy atom. The van der Waals surface area contributed by atoms with E-state index in [0.29, 0.717) is 0 Å². The molecule has 0 radical (unpaired) electrons. The summed E-state index contributed by atoms with van der Waals surface area (Å²) in [4.78, 5) is 10.6. The number of esters is 1. The SMILES string of the molecule is COCC1OC(=O)C(O)C1O. The second-order valence-corrected chi connectivity index (χ2v) is 2.37. The van der Waals surface area contributed by atoms with Gasteiger partial charge >= 0.3 is 5.97 Å². The van der Waals surface area contributed by atoms with E-state index in [4.69, 9.17) is 10.2 Å². The summed E-state index contributed by atoms with van der Waals surface area (Å²) in [7, 11) is 1.42. The number of rotatable bonds is 2. The van der Waals surface area contributed by atoms with Crippen molar-refractivity contribution in [2.45, 2.75) is 18.3 Å². The van der Waals surface area contributed by atoms with E-state index >= 15 is 0 Å². The van der Waals surface area contributed by atoms with Crippen molar-refractivity contribution >= 4 is 5.97 Å². The van der Waals surface area contributed by atoms with E-state index in [1.807, 2.05) is 0 Å². The van der Waals surface area contributed by atoms with E-state index in [1.54, 1.807) is 0 Å². The highest BCUT2D eigenvalue weighted by Crippen LogP contribution is 2.15. The molecule has 3 atom stereocenters. The number of methoxy groups -OCH3 is 1. The number of carbonyl (C=O) groups is 1. The number of hydrogen-bond acceptors (Lipinski definition) is 5. The molecule has 11 heavy (non-hydrogen) atoms. The van der Waals surface area contributed by atoms with Crippen molar-refractivity contribution in [3.05, 3.63) is 0 Å². The number of aliphatic hydroxyl groups excluding tert-OH is 2. The van der Waals surface area contributed by atoms with Crippen LogP contribution >= 0.6 is 0 Å². The highest BCUT2D eigenvalue weighted by atomic mass is 16.6. The van der Waals surface area contributed by atoms with Crippen LogP contribution in [0.5, 0.6) is 0 Å². The van der Waals surface area contributed by atoms with Crippen molar-refractivity contribution < 1.29 is 24.5 Å². The van der Waals surface area contributed by atoms with Gasteiger partial charge in [0.25, 0.3) is 0 Å². The summed E-state index contributed by atoms with van der Waals surface area (Å²) >= 11 is 0. The van der Waals surface area contributed by atoms with Gasteiger partial charge in [-0.15, -0.1) is 0 Å². The second-order valence-electron chi connectivity index (χ2n) is 2.37. The zero-order valence-corrected chi connectivity index (χ0v) is 6.06. The standard InChI is InChI=1S/C6H10O5/c1-10-2-3-4(7)5(8)6(9)11-3/h3-5,7-8H,2H2,1H3. The fourth-order valence-corrected chi connectivity index (χ4v) is 0.928. The summed E-state index contributed by atoms with van der Waals surface area (Å²) in [6, 6.07) is 0. The highest BCUT2D eigenvalue weighted by molar-refractivity contribution is 5.77. The molecule has 0 amide bonds. The molecule has 1 rings (SSSR count). The van der Waals surface area contributed by atoms with Gasteiger partial charge in [-0.1, -0.05) is 0 Å². The Hall–Kier alpha value is -0.650. The minimum atomic E-state index is -1.42. The Morgan fingerprint density at radius 2 is 2.27 bits per heavy atom. The number of cyclic esters (lactones) is 1. The van der Waals surface area contributed by atoms with Crippen molar-refractivity contribution in [2.24, 2.45) is 0 Å². The molecule has 1 aliphatic heterocycles. The fraction of sp³-hybridized carbons (Fsp3) is 0.833. The maximum absolute atomic E-state index is 10.6. The van der Waals surface area contributed by atoms with Crippen molar-refractivity contribution in [1.82, 2.24) is 0 Å². The molecule has 1 aliphatic rings. The summed E-state index contributed by atoms with van der Waals surface area (Å²) < 4.78 is 9.21. The van der Waals surface area contributed by atoms with Crippen LogP contribution in [0.25, 0.3) is 0 Å². The zero-order valence-electron chi connectivity index (χ0n) is 6.06. The Morgan fingerprint density at radius 1 is 1.64 bits per heavy atom. The first kappa shape index (κ1) is 8.45. The van der Waals surface area contributed by atoms with Gasteiger partial charge in [-0.2, -0.15) is 0 Å². The van der Waals surface area contributed by atoms with Crippen molar-refractivity contribution in [3.8, 4) is 0 Å². The van der Waals surface area contributed by atoms with Crippen LogP contribution in [0, 0.1) is 0 Å². The number of carbonyl (C=O) groups excluding carboxylic acids is 1. The van der Waals surface area contributed by atoms with Gasteiger partial charge in [-0.05, 0) is 0 Å². The third kappa shape index (κ3) is 1.50. The third-order valence-corrected chi connectivity index (χ3v) is 1.54. The Bertz CT molecular complexity index is 157.